The smallest absolute Gasteiger partial charge is 0.338 e. The van der Waals surface area contributed by atoms with E-state index in [4.69, 9.17) is 4.74 Å². The first-order chi connectivity index (χ1) is 17.7. The summed E-state index contributed by atoms with van der Waals surface area (Å²) in [6, 6.07) is 9.46. The van der Waals surface area contributed by atoms with Gasteiger partial charge in [0.2, 0.25) is 0 Å². The van der Waals surface area contributed by atoms with Gasteiger partial charge in [-0.25, -0.2) is 4.79 Å². The van der Waals surface area contributed by atoms with E-state index in [2.05, 4.69) is 46.4 Å². The molecular weight excluding hydrogens is 456 g/mol. The zero-order chi connectivity index (χ0) is 26.6. The maximum Gasteiger partial charge on any atom is 0.338 e. The fourth-order valence-electron chi connectivity index (χ4n) is 7.61. The van der Waals surface area contributed by atoms with Gasteiger partial charge in [-0.3, -0.25) is 0 Å². The number of hydrogen-bond acceptors (Lipinski definition) is 3. The Hall–Kier alpha value is -2.13. The number of carbonyl (C=O) groups is 1. The van der Waals surface area contributed by atoms with E-state index in [1.807, 2.05) is 30.3 Å². The minimum Gasteiger partial charge on any atom is -0.458 e. The summed E-state index contributed by atoms with van der Waals surface area (Å²) in [5, 5.41) is 10.2. The Morgan fingerprint density at radius 3 is 2.65 bits per heavy atom. The molecule has 3 aliphatic carbocycles. The molecule has 37 heavy (non-hydrogen) atoms. The molecule has 1 aromatic carbocycles. The minimum atomic E-state index is -0.254. The highest BCUT2D eigenvalue weighted by Crippen LogP contribution is 2.60. The van der Waals surface area contributed by atoms with E-state index in [1.54, 1.807) is 0 Å². The summed E-state index contributed by atoms with van der Waals surface area (Å²) >= 11 is 0. The Labute approximate surface area is 225 Å². The molecule has 0 heterocycles. The van der Waals surface area contributed by atoms with Gasteiger partial charge in [0.1, 0.15) is 6.10 Å². The van der Waals surface area contributed by atoms with Crippen molar-refractivity contribution >= 4 is 5.97 Å². The lowest BCUT2D eigenvalue weighted by Gasteiger charge is -2.44. The Morgan fingerprint density at radius 2 is 1.92 bits per heavy atom. The van der Waals surface area contributed by atoms with Gasteiger partial charge in [-0.2, -0.15) is 0 Å². The van der Waals surface area contributed by atoms with Gasteiger partial charge in [0.25, 0.3) is 0 Å². The standard InChI is InChI=1S/C34H48O3/c1-23(2)11-9-12-25(4)32-31(37-33(36)27-13-7-6-8-14-27)22-30-26(15-10-20-34(30,32)5)17-18-28-21-29(35)19-16-24(28)3/h6-8,13-14,17-18,23,25,29-32,35H,3,9-12,15-16,19-22H2,1-2,4-5H3/b26-17+,28-18+/t25-,29+,30+,31?,32+,34-/m1/s1. The van der Waals surface area contributed by atoms with Crippen LogP contribution in [0.1, 0.15) is 102 Å². The van der Waals surface area contributed by atoms with Crippen LogP contribution >= 0.6 is 0 Å². The average Bonchev–Trinajstić information content (AvgIpc) is 3.16. The maximum absolute atomic E-state index is 13.2. The van der Waals surface area contributed by atoms with Gasteiger partial charge < -0.3 is 9.84 Å². The number of hydrogen-bond donors (Lipinski definition) is 1. The maximum atomic E-state index is 13.2. The predicted molar refractivity (Wildman–Crippen MR) is 152 cm³/mol. The average molecular weight is 505 g/mol. The number of benzene rings is 1. The molecule has 3 fully saturated rings. The number of esters is 1. The van der Waals surface area contributed by atoms with Gasteiger partial charge in [0, 0.05) is 5.92 Å². The minimum absolute atomic E-state index is 0.0580. The topological polar surface area (TPSA) is 46.5 Å². The van der Waals surface area contributed by atoms with Crippen molar-refractivity contribution < 1.29 is 14.6 Å². The molecule has 0 aliphatic heterocycles. The van der Waals surface area contributed by atoms with Crippen molar-refractivity contribution in [2.75, 3.05) is 0 Å². The molecule has 0 spiro atoms. The number of aliphatic hydroxyl groups excluding tert-OH is 1. The molecule has 4 rings (SSSR count). The van der Waals surface area contributed by atoms with Crippen molar-refractivity contribution in [3.63, 3.8) is 0 Å². The third-order valence-corrected chi connectivity index (χ3v) is 9.56. The van der Waals surface area contributed by atoms with Crippen molar-refractivity contribution in [1.82, 2.24) is 0 Å². The van der Waals surface area contributed by atoms with Crippen LogP contribution in [0.3, 0.4) is 0 Å². The van der Waals surface area contributed by atoms with Gasteiger partial charge >= 0.3 is 5.97 Å². The zero-order valence-electron chi connectivity index (χ0n) is 23.5. The summed E-state index contributed by atoms with van der Waals surface area (Å²) in [5.41, 5.74) is 4.63. The van der Waals surface area contributed by atoms with E-state index in [0.717, 1.165) is 31.6 Å². The van der Waals surface area contributed by atoms with Gasteiger partial charge in [0.05, 0.1) is 11.7 Å². The molecule has 0 saturated heterocycles. The second-order valence-electron chi connectivity index (χ2n) is 12.7. The van der Waals surface area contributed by atoms with E-state index >= 15 is 0 Å². The Balaban J connectivity index is 1.60. The third-order valence-electron chi connectivity index (χ3n) is 9.56. The first kappa shape index (κ1) is 27.9. The Kier molecular flexibility index (Phi) is 9.16. The van der Waals surface area contributed by atoms with Crippen LogP contribution in [0.2, 0.25) is 0 Å². The molecule has 3 heteroatoms. The van der Waals surface area contributed by atoms with Crippen molar-refractivity contribution in [1.29, 1.82) is 0 Å². The third kappa shape index (κ3) is 6.48. The lowest BCUT2D eigenvalue weighted by molar-refractivity contribution is -0.00888. The summed E-state index contributed by atoms with van der Waals surface area (Å²) in [5.74, 6) is 1.82. The molecule has 6 atom stereocenters. The predicted octanol–water partition coefficient (Wildman–Crippen LogP) is 8.45. The summed E-state index contributed by atoms with van der Waals surface area (Å²) in [7, 11) is 0. The first-order valence-corrected chi connectivity index (χ1v) is 14.7. The lowest BCUT2D eigenvalue weighted by Crippen LogP contribution is -2.39. The number of aliphatic hydroxyl groups is 1. The Morgan fingerprint density at radius 1 is 1.16 bits per heavy atom. The molecule has 0 bridgehead atoms. The second kappa shape index (κ2) is 12.2. The van der Waals surface area contributed by atoms with Crippen LogP contribution in [0, 0.1) is 29.1 Å². The van der Waals surface area contributed by atoms with Gasteiger partial charge in [-0.15, -0.1) is 0 Å². The van der Waals surface area contributed by atoms with Crippen LogP contribution in [0.5, 0.6) is 0 Å². The monoisotopic (exact) mass is 504 g/mol. The summed E-state index contributed by atoms with van der Waals surface area (Å²) < 4.78 is 6.36. The van der Waals surface area contributed by atoms with E-state index in [1.165, 1.54) is 48.8 Å². The molecule has 1 aromatic rings. The van der Waals surface area contributed by atoms with Crippen LogP contribution in [-0.2, 0) is 4.74 Å². The van der Waals surface area contributed by atoms with Crippen molar-refractivity contribution in [3.05, 3.63) is 71.3 Å². The molecule has 3 nitrogen and oxygen atoms in total. The van der Waals surface area contributed by atoms with Gasteiger partial charge in [-0.1, -0.05) is 95.0 Å². The molecule has 1 unspecified atom stereocenters. The number of ether oxygens (including phenoxy) is 1. The van der Waals surface area contributed by atoms with Crippen molar-refractivity contribution in [2.45, 2.75) is 104 Å². The second-order valence-corrected chi connectivity index (χ2v) is 12.7. The van der Waals surface area contributed by atoms with Gasteiger partial charge in [0.15, 0.2) is 0 Å². The molecule has 3 saturated carbocycles. The van der Waals surface area contributed by atoms with E-state index < -0.39 is 0 Å². The van der Waals surface area contributed by atoms with Crippen molar-refractivity contribution in [2.24, 2.45) is 29.1 Å². The zero-order valence-corrected chi connectivity index (χ0v) is 23.5. The first-order valence-electron chi connectivity index (χ1n) is 14.7. The SMILES string of the molecule is C=C1CC[C@H](O)C/C1=C\C=C1/CCC[C@@]2(C)[C@@H]([C@H](C)CCCC(C)C)C(OC(=O)c3ccccc3)C[C@@H]12. The van der Waals surface area contributed by atoms with Crippen LogP contribution in [-0.4, -0.2) is 23.3 Å². The number of rotatable bonds is 8. The Bertz CT molecular complexity index is 1000. The van der Waals surface area contributed by atoms with Crippen LogP contribution < -0.4 is 0 Å². The highest BCUT2D eigenvalue weighted by atomic mass is 16.5. The molecule has 0 aromatic heterocycles. The normalized spacial score (nSPS) is 33.1. The number of allylic oxidation sites excluding steroid dienone is 4. The molecular formula is C34H48O3. The summed E-state index contributed by atoms with van der Waals surface area (Å²) in [4.78, 5) is 13.2. The molecule has 1 N–H and O–H groups in total. The van der Waals surface area contributed by atoms with Crippen molar-refractivity contribution in [3.8, 4) is 0 Å². The molecule has 3 aliphatic rings. The number of carbonyl (C=O) groups excluding carboxylic acids is 1. The summed E-state index contributed by atoms with van der Waals surface area (Å²) in [6.45, 7) is 13.7. The fourth-order valence-corrected chi connectivity index (χ4v) is 7.61. The largest absolute Gasteiger partial charge is 0.458 e. The highest BCUT2D eigenvalue weighted by molar-refractivity contribution is 5.89. The summed E-state index contributed by atoms with van der Waals surface area (Å²) in [6.07, 6.45) is 14.7. The van der Waals surface area contributed by atoms with Crippen LogP contribution in [0.15, 0.2) is 65.8 Å². The van der Waals surface area contributed by atoms with Crippen LogP contribution in [0.4, 0.5) is 0 Å². The fraction of sp³-hybridized carbons (Fsp3) is 0.618. The van der Waals surface area contributed by atoms with Crippen LogP contribution in [0.25, 0.3) is 0 Å². The number of fused-ring (bicyclic) bond motifs is 1. The van der Waals surface area contributed by atoms with E-state index in [0.29, 0.717) is 29.7 Å². The van der Waals surface area contributed by atoms with E-state index in [9.17, 15) is 9.90 Å². The molecule has 202 valence electrons. The molecule has 0 amide bonds. The van der Waals surface area contributed by atoms with E-state index in [-0.39, 0.29) is 23.6 Å². The molecule has 0 radical (unpaired) electrons. The lowest BCUT2D eigenvalue weighted by atomic mass is 9.60. The quantitative estimate of drug-likeness (QED) is 0.361. The highest BCUT2D eigenvalue weighted by Gasteiger charge is 2.56. The van der Waals surface area contributed by atoms with Gasteiger partial charge in [-0.05, 0) is 85.8 Å².